The molecule has 0 radical (unpaired) electrons. The molecule has 2 aromatic rings. The van der Waals surface area contributed by atoms with Gasteiger partial charge in [0.15, 0.2) is 0 Å². The number of likely N-dealkylation sites (tertiary alicyclic amines) is 1. The van der Waals surface area contributed by atoms with E-state index < -0.39 is 10.0 Å². The summed E-state index contributed by atoms with van der Waals surface area (Å²) in [6, 6.07) is 12.2. The Morgan fingerprint density at radius 1 is 1.10 bits per heavy atom. The third-order valence-corrected chi connectivity index (χ3v) is 7.79. The first-order chi connectivity index (χ1) is 14.2. The first-order valence-corrected chi connectivity index (χ1v) is 13.0. The molecule has 0 aromatic heterocycles. The Balaban J connectivity index is 1.86. The minimum Gasteiger partial charge on any atom is -0.339 e. The van der Waals surface area contributed by atoms with Gasteiger partial charge in [0.05, 0.1) is 10.5 Å². The zero-order valence-corrected chi connectivity index (χ0v) is 19.6. The van der Waals surface area contributed by atoms with E-state index in [2.05, 4.69) is 25.5 Å². The van der Waals surface area contributed by atoms with Gasteiger partial charge < -0.3 is 4.90 Å². The van der Waals surface area contributed by atoms with Crippen LogP contribution in [0, 0.1) is 5.92 Å². The van der Waals surface area contributed by atoms with E-state index >= 15 is 0 Å². The highest BCUT2D eigenvalue weighted by atomic mass is 32.2. The van der Waals surface area contributed by atoms with E-state index in [0.717, 1.165) is 23.3 Å². The maximum Gasteiger partial charge on any atom is 0.261 e. The van der Waals surface area contributed by atoms with Crippen LogP contribution >= 0.6 is 11.8 Å². The van der Waals surface area contributed by atoms with Gasteiger partial charge in [0.25, 0.3) is 15.9 Å². The van der Waals surface area contributed by atoms with Crippen molar-refractivity contribution in [2.45, 2.75) is 49.3 Å². The number of nitrogens with one attached hydrogen (secondary N) is 1. The molecule has 1 heterocycles. The molecule has 1 fully saturated rings. The number of piperidine rings is 1. The van der Waals surface area contributed by atoms with Crippen LogP contribution in [-0.2, 0) is 10.0 Å². The molecule has 1 aliphatic heterocycles. The van der Waals surface area contributed by atoms with Crippen molar-refractivity contribution in [1.82, 2.24) is 4.90 Å². The average molecular weight is 447 g/mol. The van der Waals surface area contributed by atoms with Crippen LogP contribution in [-0.4, -0.2) is 38.6 Å². The molecule has 1 aliphatic rings. The highest BCUT2D eigenvalue weighted by molar-refractivity contribution is 7.98. The Labute approximate surface area is 184 Å². The molecule has 3 rings (SSSR count). The number of benzene rings is 2. The number of carbonyl (C=O) groups is 1. The van der Waals surface area contributed by atoms with Gasteiger partial charge in [-0.3, -0.25) is 9.52 Å². The molecule has 1 amide bonds. The summed E-state index contributed by atoms with van der Waals surface area (Å²) in [5.74, 6) is 0.901. The van der Waals surface area contributed by atoms with Crippen molar-refractivity contribution < 1.29 is 13.2 Å². The molecular formula is C23H30N2O3S2. The van der Waals surface area contributed by atoms with Crippen LogP contribution in [0.25, 0.3) is 0 Å². The van der Waals surface area contributed by atoms with Crippen molar-refractivity contribution in [2.75, 3.05) is 24.1 Å². The Morgan fingerprint density at radius 3 is 2.30 bits per heavy atom. The van der Waals surface area contributed by atoms with E-state index in [0.29, 0.717) is 36.2 Å². The third kappa shape index (κ3) is 5.19. The first kappa shape index (κ1) is 22.7. The second-order valence-corrected chi connectivity index (χ2v) is 10.7. The summed E-state index contributed by atoms with van der Waals surface area (Å²) in [6.07, 6.45) is 3.85. The molecule has 2 aromatic carbocycles. The molecule has 162 valence electrons. The van der Waals surface area contributed by atoms with Gasteiger partial charge in [0.2, 0.25) is 0 Å². The molecule has 0 bridgehead atoms. The smallest absolute Gasteiger partial charge is 0.261 e. The van der Waals surface area contributed by atoms with Gasteiger partial charge >= 0.3 is 0 Å². The fourth-order valence-corrected chi connectivity index (χ4v) is 5.21. The van der Waals surface area contributed by atoms with Gasteiger partial charge in [-0.25, -0.2) is 8.42 Å². The lowest BCUT2D eigenvalue weighted by atomic mass is 9.98. The topological polar surface area (TPSA) is 66.5 Å². The lowest BCUT2D eigenvalue weighted by molar-refractivity contribution is 0.0693. The van der Waals surface area contributed by atoms with Gasteiger partial charge in [-0.2, -0.15) is 0 Å². The number of rotatable bonds is 6. The van der Waals surface area contributed by atoms with Crippen molar-refractivity contribution in [1.29, 1.82) is 0 Å². The van der Waals surface area contributed by atoms with Gasteiger partial charge in [0, 0.05) is 23.7 Å². The van der Waals surface area contributed by atoms with Crippen LogP contribution in [0.15, 0.2) is 52.3 Å². The molecule has 0 saturated carbocycles. The molecule has 7 heteroatoms. The number of anilines is 1. The van der Waals surface area contributed by atoms with Crippen molar-refractivity contribution in [3.63, 3.8) is 0 Å². The molecular weight excluding hydrogens is 416 g/mol. The molecule has 0 unspecified atom stereocenters. The molecule has 0 aliphatic carbocycles. The molecule has 30 heavy (non-hydrogen) atoms. The van der Waals surface area contributed by atoms with Gasteiger partial charge in [-0.1, -0.05) is 32.9 Å². The summed E-state index contributed by atoms with van der Waals surface area (Å²) >= 11 is 1.45. The zero-order chi connectivity index (χ0) is 21.9. The number of hydrogen-bond acceptors (Lipinski definition) is 4. The van der Waals surface area contributed by atoms with Crippen LogP contribution in [0.1, 0.15) is 55.5 Å². The molecule has 0 atom stereocenters. The normalized spacial score (nSPS) is 15.4. The second kappa shape index (κ2) is 9.43. The maximum atomic E-state index is 13.1. The SMILES string of the molecule is CSc1ccc(S(=O)(=O)Nc2ccc(C(C)C)cc2)cc1C(=O)N1CCC(C)CC1. The quantitative estimate of drug-likeness (QED) is 0.619. The predicted molar refractivity (Wildman–Crippen MR) is 124 cm³/mol. The summed E-state index contributed by atoms with van der Waals surface area (Å²) in [5.41, 5.74) is 2.10. The van der Waals surface area contributed by atoms with E-state index in [4.69, 9.17) is 0 Å². The van der Waals surface area contributed by atoms with Crippen LogP contribution < -0.4 is 4.72 Å². The van der Waals surface area contributed by atoms with E-state index in [-0.39, 0.29) is 10.8 Å². The number of carbonyl (C=O) groups excluding carboxylic acids is 1. The zero-order valence-electron chi connectivity index (χ0n) is 18.0. The van der Waals surface area contributed by atoms with E-state index in [1.54, 1.807) is 24.3 Å². The number of sulfonamides is 1. The fraction of sp³-hybridized carbons (Fsp3) is 0.435. The van der Waals surface area contributed by atoms with Gasteiger partial charge in [0.1, 0.15) is 0 Å². The lowest BCUT2D eigenvalue weighted by Crippen LogP contribution is -2.38. The largest absolute Gasteiger partial charge is 0.339 e. The number of amides is 1. The summed E-state index contributed by atoms with van der Waals surface area (Å²) in [6.45, 7) is 7.81. The molecule has 5 nitrogen and oxygen atoms in total. The Bertz CT molecular complexity index is 994. The number of nitrogens with zero attached hydrogens (tertiary/aromatic N) is 1. The fourth-order valence-electron chi connectivity index (χ4n) is 3.55. The average Bonchev–Trinajstić information content (AvgIpc) is 2.73. The summed E-state index contributed by atoms with van der Waals surface area (Å²) in [4.78, 5) is 15.8. The minimum absolute atomic E-state index is 0.0930. The highest BCUT2D eigenvalue weighted by Crippen LogP contribution is 2.28. The predicted octanol–water partition coefficient (Wildman–Crippen LogP) is 5.20. The standard InChI is InChI=1S/C23H30N2O3S2/c1-16(2)18-5-7-19(8-6-18)24-30(27,28)20-9-10-22(29-4)21(15-20)23(26)25-13-11-17(3)12-14-25/h5-10,15-17,24H,11-14H2,1-4H3. The number of hydrogen-bond donors (Lipinski definition) is 1. The Kier molecular flexibility index (Phi) is 7.14. The summed E-state index contributed by atoms with van der Waals surface area (Å²) in [5, 5.41) is 0. The Hall–Kier alpha value is -1.99. The van der Waals surface area contributed by atoms with Crippen molar-refractivity contribution in [3.8, 4) is 0 Å². The van der Waals surface area contributed by atoms with Crippen LogP contribution in [0.3, 0.4) is 0 Å². The van der Waals surface area contributed by atoms with Crippen LogP contribution in [0.2, 0.25) is 0 Å². The van der Waals surface area contributed by atoms with Gasteiger partial charge in [-0.15, -0.1) is 11.8 Å². The van der Waals surface area contributed by atoms with E-state index in [9.17, 15) is 13.2 Å². The van der Waals surface area contributed by atoms with E-state index in [1.165, 1.54) is 17.8 Å². The third-order valence-electron chi connectivity index (χ3n) is 5.61. The minimum atomic E-state index is -3.80. The Morgan fingerprint density at radius 2 is 1.73 bits per heavy atom. The molecule has 0 spiro atoms. The van der Waals surface area contributed by atoms with Crippen LogP contribution in [0.5, 0.6) is 0 Å². The first-order valence-electron chi connectivity index (χ1n) is 10.3. The second-order valence-electron chi connectivity index (χ2n) is 8.22. The molecule has 1 N–H and O–H groups in total. The van der Waals surface area contributed by atoms with Crippen molar-refractivity contribution >= 4 is 33.4 Å². The van der Waals surface area contributed by atoms with Crippen molar-refractivity contribution in [3.05, 3.63) is 53.6 Å². The van der Waals surface area contributed by atoms with Gasteiger partial charge in [-0.05, 0) is 66.8 Å². The maximum absolute atomic E-state index is 13.1. The monoisotopic (exact) mass is 446 g/mol. The summed E-state index contributed by atoms with van der Waals surface area (Å²) in [7, 11) is -3.80. The number of thioether (sulfide) groups is 1. The van der Waals surface area contributed by atoms with Crippen molar-refractivity contribution in [2.24, 2.45) is 5.92 Å². The molecule has 1 saturated heterocycles. The van der Waals surface area contributed by atoms with Crippen LogP contribution in [0.4, 0.5) is 5.69 Å². The van der Waals surface area contributed by atoms with E-state index in [1.807, 2.05) is 23.3 Å². The highest BCUT2D eigenvalue weighted by Gasteiger charge is 2.25. The lowest BCUT2D eigenvalue weighted by Gasteiger charge is -2.30. The summed E-state index contributed by atoms with van der Waals surface area (Å²) < 4.78 is 28.6.